The molecule has 19 heavy (non-hydrogen) atoms. The Morgan fingerprint density at radius 3 is 2.63 bits per heavy atom. The highest BCUT2D eigenvalue weighted by Crippen LogP contribution is 2.21. The van der Waals surface area contributed by atoms with Crippen molar-refractivity contribution < 1.29 is 14.3 Å². The van der Waals surface area contributed by atoms with Gasteiger partial charge in [0.15, 0.2) is 0 Å². The van der Waals surface area contributed by atoms with Crippen molar-refractivity contribution in [2.24, 2.45) is 0 Å². The van der Waals surface area contributed by atoms with Crippen LogP contribution in [0.15, 0.2) is 48.8 Å². The van der Waals surface area contributed by atoms with E-state index in [1.165, 1.54) is 12.1 Å². The maximum atomic E-state index is 13.0. The van der Waals surface area contributed by atoms with Gasteiger partial charge in [-0.15, -0.1) is 0 Å². The summed E-state index contributed by atoms with van der Waals surface area (Å²) in [6.07, 6.45) is 4.11. The number of carbonyl (C=O) groups is 1. The van der Waals surface area contributed by atoms with E-state index >= 15 is 0 Å². The second-order valence-electron chi connectivity index (χ2n) is 4.34. The van der Waals surface area contributed by atoms with E-state index in [0.717, 1.165) is 11.1 Å². The summed E-state index contributed by atoms with van der Waals surface area (Å²) in [4.78, 5) is 15.2. The number of pyridine rings is 1. The number of hydrogen-bond donors (Lipinski definition) is 1. The van der Waals surface area contributed by atoms with Crippen LogP contribution in [0.1, 0.15) is 23.5 Å². The molecule has 1 N–H and O–H groups in total. The number of rotatable bonds is 5. The molecule has 0 aliphatic carbocycles. The maximum Gasteiger partial charge on any atom is 0.310 e. The average Bonchev–Trinajstić information content (AvgIpc) is 2.40. The molecule has 1 aromatic carbocycles. The van der Waals surface area contributed by atoms with Crippen molar-refractivity contribution in [2.45, 2.75) is 18.8 Å². The van der Waals surface area contributed by atoms with Crippen LogP contribution >= 0.6 is 0 Å². The fraction of sp³-hybridized carbons (Fsp3) is 0.200. The highest BCUT2D eigenvalue weighted by molar-refractivity contribution is 5.75. The molecule has 0 amide bonds. The van der Waals surface area contributed by atoms with E-state index in [4.69, 9.17) is 0 Å². The Morgan fingerprint density at radius 2 is 2.00 bits per heavy atom. The number of carboxylic acids is 1. The molecule has 0 saturated heterocycles. The lowest BCUT2D eigenvalue weighted by Gasteiger charge is -2.12. The van der Waals surface area contributed by atoms with E-state index in [1.807, 2.05) is 0 Å². The van der Waals surface area contributed by atoms with Crippen molar-refractivity contribution >= 4 is 5.97 Å². The van der Waals surface area contributed by atoms with E-state index in [0.29, 0.717) is 12.8 Å². The molecule has 1 aromatic heterocycles. The van der Waals surface area contributed by atoms with E-state index in [-0.39, 0.29) is 5.82 Å². The molecule has 3 nitrogen and oxygen atoms in total. The fourth-order valence-corrected chi connectivity index (χ4v) is 2.03. The quantitative estimate of drug-likeness (QED) is 0.897. The lowest BCUT2D eigenvalue weighted by Crippen LogP contribution is -2.12. The van der Waals surface area contributed by atoms with Crippen LogP contribution in [0, 0.1) is 5.82 Å². The molecule has 0 bridgehead atoms. The molecule has 2 rings (SSSR count). The molecule has 0 saturated carbocycles. The Hall–Kier alpha value is -2.23. The van der Waals surface area contributed by atoms with E-state index in [2.05, 4.69) is 4.98 Å². The Morgan fingerprint density at radius 1 is 1.26 bits per heavy atom. The molecular weight excluding hydrogens is 245 g/mol. The third kappa shape index (κ3) is 3.61. The molecule has 0 aliphatic heterocycles. The summed E-state index contributed by atoms with van der Waals surface area (Å²) >= 11 is 0. The van der Waals surface area contributed by atoms with Gasteiger partial charge in [-0.3, -0.25) is 9.78 Å². The van der Waals surface area contributed by atoms with Crippen LogP contribution in [0.25, 0.3) is 0 Å². The molecule has 0 spiro atoms. The number of nitrogens with zero attached hydrogens (tertiary/aromatic N) is 1. The highest BCUT2D eigenvalue weighted by Gasteiger charge is 2.19. The summed E-state index contributed by atoms with van der Waals surface area (Å²) in [6, 6.07) is 9.64. The van der Waals surface area contributed by atoms with Crippen LogP contribution < -0.4 is 0 Å². The van der Waals surface area contributed by atoms with Gasteiger partial charge in [-0.2, -0.15) is 0 Å². The molecular formula is C15H14FNO2. The minimum atomic E-state index is -0.873. The zero-order valence-electron chi connectivity index (χ0n) is 10.3. The maximum absolute atomic E-state index is 13.0. The molecule has 2 aromatic rings. The van der Waals surface area contributed by atoms with Crippen LogP contribution in [0.2, 0.25) is 0 Å². The molecule has 1 unspecified atom stereocenters. The van der Waals surface area contributed by atoms with Gasteiger partial charge in [0.2, 0.25) is 0 Å². The normalized spacial score (nSPS) is 12.1. The van der Waals surface area contributed by atoms with Crippen LogP contribution in [0.4, 0.5) is 4.39 Å². The van der Waals surface area contributed by atoms with Gasteiger partial charge in [-0.05, 0) is 48.2 Å². The van der Waals surface area contributed by atoms with Crippen molar-refractivity contribution in [1.82, 2.24) is 4.98 Å². The summed E-state index contributed by atoms with van der Waals surface area (Å²) in [7, 11) is 0. The molecule has 4 heteroatoms. The van der Waals surface area contributed by atoms with Crippen LogP contribution in [0.3, 0.4) is 0 Å². The molecule has 0 fully saturated rings. The Bertz CT molecular complexity index is 557. The van der Waals surface area contributed by atoms with Crippen LogP contribution in [-0.4, -0.2) is 16.1 Å². The Balaban J connectivity index is 2.08. The standard InChI is InChI=1S/C15H14FNO2/c16-13-3-1-2-11(10-13)4-5-14(15(18)19)12-6-8-17-9-7-12/h1-3,6-10,14H,4-5H2,(H,18,19). The van der Waals surface area contributed by atoms with Crippen molar-refractivity contribution in [1.29, 1.82) is 0 Å². The van der Waals surface area contributed by atoms with Gasteiger partial charge >= 0.3 is 5.97 Å². The second-order valence-corrected chi connectivity index (χ2v) is 4.34. The number of halogens is 1. The minimum absolute atomic E-state index is 0.298. The first kappa shape index (κ1) is 13.2. The van der Waals surface area contributed by atoms with E-state index < -0.39 is 11.9 Å². The first-order valence-electron chi connectivity index (χ1n) is 6.04. The Kier molecular flexibility index (Phi) is 4.23. The van der Waals surface area contributed by atoms with Gasteiger partial charge in [0.05, 0.1) is 5.92 Å². The third-order valence-corrected chi connectivity index (χ3v) is 3.02. The third-order valence-electron chi connectivity index (χ3n) is 3.02. The fourth-order valence-electron chi connectivity index (χ4n) is 2.03. The monoisotopic (exact) mass is 259 g/mol. The lowest BCUT2D eigenvalue weighted by atomic mass is 9.93. The molecule has 0 aliphatic rings. The van der Waals surface area contributed by atoms with Crippen molar-refractivity contribution in [3.8, 4) is 0 Å². The predicted octanol–water partition coefficient (Wildman–Crippen LogP) is 3.02. The summed E-state index contributed by atoms with van der Waals surface area (Å²) in [5.41, 5.74) is 1.53. The van der Waals surface area contributed by atoms with Gasteiger partial charge in [0.1, 0.15) is 5.82 Å². The van der Waals surface area contributed by atoms with Crippen molar-refractivity contribution in [3.63, 3.8) is 0 Å². The predicted molar refractivity (Wildman–Crippen MR) is 69.3 cm³/mol. The highest BCUT2D eigenvalue weighted by atomic mass is 19.1. The van der Waals surface area contributed by atoms with Crippen molar-refractivity contribution in [3.05, 3.63) is 65.7 Å². The molecule has 1 heterocycles. The molecule has 0 radical (unpaired) electrons. The number of hydrogen-bond acceptors (Lipinski definition) is 2. The summed E-state index contributed by atoms with van der Waals surface area (Å²) in [5, 5.41) is 9.26. The number of benzene rings is 1. The topological polar surface area (TPSA) is 50.2 Å². The number of carboxylic acid groups (broad SMARTS) is 1. The molecule has 98 valence electrons. The second kappa shape index (κ2) is 6.09. The summed E-state index contributed by atoms with van der Waals surface area (Å²) in [6.45, 7) is 0. The average molecular weight is 259 g/mol. The number of aromatic nitrogens is 1. The first-order valence-corrected chi connectivity index (χ1v) is 6.04. The van der Waals surface area contributed by atoms with Crippen molar-refractivity contribution in [2.75, 3.05) is 0 Å². The van der Waals surface area contributed by atoms with Gasteiger partial charge in [-0.1, -0.05) is 12.1 Å². The SMILES string of the molecule is O=C(O)C(CCc1cccc(F)c1)c1ccncc1. The summed E-state index contributed by atoms with van der Waals surface area (Å²) in [5.74, 6) is -1.76. The van der Waals surface area contributed by atoms with Crippen LogP contribution in [-0.2, 0) is 11.2 Å². The number of aliphatic carboxylic acids is 1. The van der Waals surface area contributed by atoms with Gasteiger partial charge in [0, 0.05) is 12.4 Å². The number of aryl methyl sites for hydroxylation is 1. The van der Waals surface area contributed by atoms with Gasteiger partial charge in [0.25, 0.3) is 0 Å². The van der Waals surface area contributed by atoms with Gasteiger partial charge in [-0.25, -0.2) is 4.39 Å². The summed E-state index contributed by atoms with van der Waals surface area (Å²) < 4.78 is 13.0. The Labute approximate surface area is 110 Å². The first-order chi connectivity index (χ1) is 9.16. The molecule has 1 atom stereocenters. The minimum Gasteiger partial charge on any atom is -0.481 e. The zero-order chi connectivity index (χ0) is 13.7. The largest absolute Gasteiger partial charge is 0.481 e. The lowest BCUT2D eigenvalue weighted by molar-refractivity contribution is -0.138. The van der Waals surface area contributed by atoms with Crippen LogP contribution in [0.5, 0.6) is 0 Å². The van der Waals surface area contributed by atoms with E-state index in [1.54, 1.807) is 36.7 Å². The smallest absolute Gasteiger partial charge is 0.310 e. The van der Waals surface area contributed by atoms with E-state index in [9.17, 15) is 14.3 Å². The van der Waals surface area contributed by atoms with Gasteiger partial charge < -0.3 is 5.11 Å². The zero-order valence-corrected chi connectivity index (χ0v) is 10.3.